The van der Waals surface area contributed by atoms with Gasteiger partial charge in [0.05, 0.1) is 13.7 Å². The molecule has 1 N–H and O–H groups in total. The van der Waals surface area contributed by atoms with Gasteiger partial charge in [-0.3, -0.25) is 14.5 Å². The molecule has 140 valence electrons. The molecule has 1 aliphatic heterocycles. The molecule has 1 saturated heterocycles. The Hall–Kier alpha value is -2.19. The van der Waals surface area contributed by atoms with Crippen LogP contribution in [0.25, 0.3) is 0 Å². The van der Waals surface area contributed by atoms with Gasteiger partial charge in [0.15, 0.2) is 0 Å². The normalized spacial score (nSPS) is 15.7. The highest BCUT2D eigenvalue weighted by atomic mass is 32.1. The third kappa shape index (κ3) is 5.15. The van der Waals surface area contributed by atoms with E-state index < -0.39 is 0 Å². The first-order valence-corrected chi connectivity index (χ1v) is 9.63. The van der Waals surface area contributed by atoms with Gasteiger partial charge in [0.1, 0.15) is 10.8 Å². The van der Waals surface area contributed by atoms with Gasteiger partial charge in [-0.05, 0) is 30.5 Å². The number of H-pyrrole nitrogens is 1. The lowest BCUT2D eigenvalue weighted by molar-refractivity contribution is -0.131. The lowest BCUT2D eigenvalue weighted by atomic mass is 10.1. The van der Waals surface area contributed by atoms with Gasteiger partial charge in [0.2, 0.25) is 5.91 Å². The van der Waals surface area contributed by atoms with E-state index in [-0.39, 0.29) is 10.8 Å². The van der Waals surface area contributed by atoms with Crippen molar-refractivity contribution in [2.45, 2.75) is 25.8 Å². The van der Waals surface area contributed by atoms with Gasteiger partial charge in [-0.15, -0.1) is 0 Å². The highest BCUT2D eigenvalue weighted by Crippen LogP contribution is 2.14. The predicted octanol–water partition coefficient (Wildman–Crippen LogP) is 1.51. The number of hydrogen-bond donors (Lipinski definition) is 1. The molecule has 0 unspecified atom stereocenters. The number of methoxy groups -OCH3 is 1. The summed E-state index contributed by atoms with van der Waals surface area (Å²) >= 11 is 1.15. The number of aromatic nitrogens is 2. The van der Waals surface area contributed by atoms with Crippen molar-refractivity contribution in [1.82, 2.24) is 20.0 Å². The van der Waals surface area contributed by atoms with Crippen LogP contribution in [0.5, 0.6) is 5.75 Å². The van der Waals surface area contributed by atoms with Crippen LogP contribution in [-0.4, -0.2) is 59.2 Å². The number of amides is 1. The second-order valence-corrected chi connectivity index (χ2v) is 7.41. The molecule has 2 aromatic rings. The summed E-state index contributed by atoms with van der Waals surface area (Å²) in [6, 6.07) is 7.86. The molecule has 1 aromatic carbocycles. The number of aromatic amines is 1. The molecule has 1 aromatic heterocycles. The molecule has 0 aliphatic carbocycles. The Labute approximate surface area is 156 Å². The average molecular weight is 376 g/mol. The fraction of sp³-hybridized carbons (Fsp3) is 0.500. The average Bonchev–Trinajstić information content (AvgIpc) is 2.92. The van der Waals surface area contributed by atoms with Crippen LogP contribution in [-0.2, 0) is 17.8 Å². The third-order valence-electron chi connectivity index (χ3n) is 4.57. The molecule has 0 radical (unpaired) electrons. The molecule has 8 heteroatoms. The van der Waals surface area contributed by atoms with Crippen LogP contribution >= 0.6 is 11.3 Å². The van der Waals surface area contributed by atoms with Gasteiger partial charge >= 0.3 is 4.87 Å². The first-order chi connectivity index (χ1) is 12.6. The zero-order valence-corrected chi connectivity index (χ0v) is 15.8. The molecule has 2 heterocycles. The highest BCUT2D eigenvalue weighted by Gasteiger charge is 2.19. The van der Waals surface area contributed by atoms with E-state index in [0.717, 1.165) is 66.7 Å². The van der Waals surface area contributed by atoms with E-state index >= 15 is 0 Å². The first-order valence-electron chi connectivity index (χ1n) is 8.81. The molecule has 0 atom stereocenters. The summed E-state index contributed by atoms with van der Waals surface area (Å²) in [5, 5.41) is 7.27. The maximum Gasteiger partial charge on any atom is 0.322 e. The van der Waals surface area contributed by atoms with Gasteiger partial charge in [-0.2, -0.15) is 5.10 Å². The van der Waals surface area contributed by atoms with Gasteiger partial charge < -0.3 is 9.64 Å². The minimum Gasteiger partial charge on any atom is -0.497 e. The number of carbonyl (C=O) groups excluding carboxylic acids is 1. The molecular formula is C18H24N4O3S. The van der Waals surface area contributed by atoms with E-state index in [2.05, 4.69) is 15.1 Å². The summed E-state index contributed by atoms with van der Waals surface area (Å²) in [5.41, 5.74) is 1.14. The van der Waals surface area contributed by atoms with Crippen molar-refractivity contribution in [1.29, 1.82) is 0 Å². The zero-order chi connectivity index (χ0) is 18.4. The van der Waals surface area contributed by atoms with Crippen LogP contribution in [0.2, 0.25) is 0 Å². The molecule has 0 spiro atoms. The maximum atomic E-state index is 12.5. The predicted molar refractivity (Wildman–Crippen MR) is 101 cm³/mol. The number of benzene rings is 1. The minimum atomic E-state index is -0.120. The summed E-state index contributed by atoms with van der Waals surface area (Å²) in [4.78, 5) is 27.8. The van der Waals surface area contributed by atoms with E-state index in [1.165, 1.54) is 0 Å². The topological polar surface area (TPSA) is 78.5 Å². The third-order valence-corrected chi connectivity index (χ3v) is 5.30. The van der Waals surface area contributed by atoms with E-state index in [1.807, 2.05) is 29.2 Å². The Morgan fingerprint density at radius 3 is 2.73 bits per heavy atom. The first kappa shape index (κ1) is 18.6. The Balaban J connectivity index is 1.46. The van der Waals surface area contributed by atoms with Crippen molar-refractivity contribution in [3.05, 3.63) is 44.5 Å². The standard InChI is InChI=1S/C18H24N4O3S/c1-25-15-6-3-14(4-7-15)5-8-17(23)22-10-2-9-21(11-12-22)13-16-19-20-18(24)26-16/h3-4,6-7H,2,5,8-13H2,1H3,(H,20,24). The fourth-order valence-electron chi connectivity index (χ4n) is 3.10. The molecule has 1 fully saturated rings. The quantitative estimate of drug-likeness (QED) is 0.827. The zero-order valence-electron chi connectivity index (χ0n) is 14.9. The number of hydrogen-bond acceptors (Lipinski definition) is 6. The monoisotopic (exact) mass is 376 g/mol. The Morgan fingerprint density at radius 2 is 2.04 bits per heavy atom. The number of carbonyl (C=O) groups is 1. The van der Waals surface area contributed by atoms with Crippen LogP contribution in [0.3, 0.4) is 0 Å². The molecule has 0 bridgehead atoms. The molecular weight excluding hydrogens is 352 g/mol. The number of rotatable bonds is 6. The van der Waals surface area contributed by atoms with Crippen molar-refractivity contribution in [3.63, 3.8) is 0 Å². The Kier molecular flexibility index (Phi) is 6.40. The summed E-state index contributed by atoms with van der Waals surface area (Å²) in [5.74, 6) is 1.03. The van der Waals surface area contributed by atoms with Crippen molar-refractivity contribution >= 4 is 17.2 Å². The maximum absolute atomic E-state index is 12.5. The van der Waals surface area contributed by atoms with Crippen molar-refractivity contribution in [2.24, 2.45) is 0 Å². The van der Waals surface area contributed by atoms with Crippen LogP contribution in [0, 0.1) is 0 Å². The summed E-state index contributed by atoms with van der Waals surface area (Å²) in [7, 11) is 1.65. The molecule has 0 saturated carbocycles. The smallest absolute Gasteiger partial charge is 0.322 e. The molecule has 1 aliphatic rings. The largest absolute Gasteiger partial charge is 0.497 e. The van der Waals surface area contributed by atoms with E-state index in [9.17, 15) is 9.59 Å². The van der Waals surface area contributed by atoms with Crippen LogP contribution in [0.1, 0.15) is 23.4 Å². The van der Waals surface area contributed by atoms with Crippen LogP contribution in [0.4, 0.5) is 0 Å². The van der Waals surface area contributed by atoms with Gasteiger partial charge in [-0.25, -0.2) is 5.10 Å². The van der Waals surface area contributed by atoms with Crippen molar-refractivity contribution in [2.75, 3.05) is 33.3 Å². The van der Waals surface area contributed by atoms with Gasteiger partial charge in [0, 0.05) is 32.6 Å². The minimum absolute atomic E-state index is 0.120. The molecule has 1 amide bonds. The molecule has 3 rings (SSSR count). The lowest BCUT2D eigenvalue weighted by Gasteiger charge is -2.21. The van der Waals surface area contributed by atoms with Crippen molar-refractivity contribution in [3.8, 4) is 5.75 Å². The van der Waals surface area contributed by atoms with Crippen molar-refractivity contribution < 1.29 is 9.53 Å². The second kappa shape index (κ2) is 8.95. The number of aryl methyl sites for hydroxylation is 1. The molecule has 7 nitrogen and oxygen atoms in total. The highest BCUT2D eigenvalue weighted by molar-refractivity contribution is 7.08. The summed E-state index contributed by atoms with van der Waals surface area (Å²) in [6.07, 6.45) is 2.20. The number of ether oxygens (including phenoxy) is 1. The summed E-state index contributed by atoms with van der Waals surface area (Å²) in [6.45, 7) is 3.89. The van der Waals surface area contributed by atoms with E-state index in [0.29, 0.717) is 13.0 Å². The summed E-state index contributed by atoms with van der Waals surface area (Å²) < 4.78 is 5.15. The van der Waals surface area contributed by atoms with E-state index in [1.54, 1.807) is 7.11 Å². The molecule has 26 heavy (non-hydrogen) atoms. The Bertz CT molecular complexity index is 771. The van der Waals surface area contributed by atoms with E-state index in [4.69, 9.17) is 4.74 Å². The lowest BCUT2D eigenvalue weighted by Crippen LogP contribution is -2.35. The fourth-order valence-corrected chi connectivity index (χ4v) is 3.74. The number of nitrogens with zero attached hydrogens (tertiary/aromatic N) is 3. The van der Waals surface area contributed by atoms with Gasteiger partial charge in [0.25, 0.3) is 0 Å². The SMILES string of the molecule is COc1ccc(CCC(=O)N2CCCN(Cc3n[nH]c(=O)s3)CC2)cc1. The van der Waals surface area contributed by atoms with Crippen LogP contribution in [0.15, 0.2) is 29.1 Å². The van der Waals surface area contributed by atoms with Crippen LogP contribution < -0.4 is 9.61 Å². The number of nitrogens with one attached hydrogen (secondary N) is 1. The van der Waals surface area contributed by atoms with Gasteiger partial charge in [-0.1, -0.05) is 23.5 Å². The second-order valence-electron chi connectivity index (χ2n) is 6.37. The Morgan fingerprint density at radius 1 is 1.23 bits per heavy atom.